The molecule has 7 heteroatoms. The largest absolute Gasteiger partial charge is 0.473 e. The highest BCUT2D eigenvalue weighted by molar-refractivity contribution is 5.66. The molecule has 0 amide bonds. The van der Waals surface area contributed by atoms with E-state index in [1.54, 1.807) is 6.20 Å². The molecule has 0 atom stereocenters. The van der Waals surface area contributed by atoms with Gasteiger partial charge in [0.05, 0.1) is 18.3 Å². The fraction of sp³-hybridized carbons (Fsp3) is 0.364. The number of anilines is 2. The van der Waals surface area contributed by atoms with Crippen LogP contribution in [0, 0.1) is 0 Å². The molecule has 0 spiro atoms. The molecule has 0 aliphatic heterocycles. The lowest BCUT2D eigenvalue weighted by Gasteiger charge is -2.13. The number of nitrogens with one attached hydrogen (secondary N) is 2. The number of aromatic amines is 1. The number of H-pyrrole nitrogens is 1. The molecular formula is C11H16N6O. The Kier molecular flexibility index (Phi) is 3.61. The molecule has 2 heterocycles. The summed E-state index contributed by atoms with van der Waals surface area (Å²) >= 11 is 0. The SMILES string of the molecule is CC(C)Oc1ncnc(NCc2ccn[nH]2)c1N. The van der Waals surface area contributed by atoms with Gasteiger partial charge in [-0.15, -0.1) is 0 Å². The number of nitrogens with two attached hydrogens (primary N) is 1. The predicted molar refractivity (Wildman–Crippen MR) is 68.1 cm³/mol. The van der Waals surface area contributed by atoms with E-state index in [4.69, 9.17) is 10.5 Å². The second-order valence-electron chi connectivity index (χ2n) is 4.04. The molecule has 2 aromatic rings. The molecule has 0 radical (unpaired) electrons. The van der Waals surface area contributed by atoms with Gasteiger partial charge in [-0.05, 0) is 19.9 Å². The smallest absolute Gasteiger partial charge is 0.242 e. The number of aromatic nitrogens is 4. The minimum Gasteiger partial charge on any atom is -0.473 e. The molecule has 2 rings (SSSR count). The van der Waals surface area contributed by atoms with Gasteiger partial charge in [-0.25, -0.2) is 4.98 Å². The van der Waals surface area contributed by atoms with E-state index in [2.05, 4.69) is 25.5 Å². The van der Waals surface area contributed by atoms with E-state index in [0.717, 1.165) is 5.69 Å². The zero-order chi connectivity index (χ0) is 13.0. The van der Waals surface area contributed by atoms with Crippen LogP contribution >= 0.6 is 0 Å². The van der Waals surface area contributed by atoms with Crippen molar-refractivity contribution in [3.63, 3.8) is 0 Å². The highest BCUT2D eigenvalue weighted by Gasteiger charge is 2.10. The van der Waals surface area contributed by atoms with E-state index in [1.807, 2.05) is 19.9 Å². The van der Waals surface area contributed by atoms with Crippen molar-refractivity contribution in [1.82, 2.24) is 20.2 Å². The van der Waals surface area contributed by atoms with Crippen molar-refractivity contribution in [3.05, 3.63) is 24.3 Å². The van der Waals surface area contributed by atoms with E-state index < -0.39 is 0 Å². The van der Waals surface area contributed by atoms with Crippen molar-refractivity contribution >= 4 is 11.5 Å². The summed E-state index contributed by atoms with van der Waals surface area (Å²) in [6, 6.07) is 1.87. The van der Waals surface area contributed by atoms with E-state index in [0.29, 0.717) is 23.9 Å². The first-order valence-corrected chi connectivity index (χ1v) is 5.66. The lowest BCUT2D eigenvalue weighted by molar-refractivity contribution is 0.234. The molecular weight excluding hydrogens is 232 g/mol. The van der Waals surface area contributed by atoms with Crippen LogP contribution in [0.4, 0.5) is 11.5 Å². The van der Waals surface area contributed by atoms with Crippen molar-refractivity contribution in [2.45, 2.75) is 26.5 Å². The van der Waals surface area contributed by atoms with Crippen molar-refractivity contribution < 1.29 is 4.74 Å². The predicted octanol–water partition coefficient (Wildman–Crippen LogP) is 1.18. The fourth-order valence-corrected chi connectivity index (χ4v) is 1.40. The molecule has 0 aromatic carbocycles. The van der Waals surface area contributed by atoms with Gasteiger partial charge in [0.25, 0.3) is 0 Å². The van der Waals surface area contributed by atoms with Crippen molar-refractivity contribution in [3.8, 4) is 5.88 Å². The number of hydrogen-bond acceptors (Lipinski definition) is 6. The molecule has 0 unspecified atom stereocenters. The van der Waals surface area contributed by atoms with Crippen molar-refractivity contribution in [2.75, 3.05) is 11.1 Å². The minimum atomic E-state index is 0.0163. The van der Waals surface area contributed by atoms with E-state index >= 15 is 0 Å². The average Bonchev–Trinajstić information content (AvgIpc) is 2.83. The molecule has 96 valence electrons. The zero-order valence-electron chi connectivity index (χ0n) is 10.3. The Balaban J connectivity index is 2.08. The fourth-order valence-electron chi connectivity index (χ4n) is 1.40. The number of nitrogens with zero attached hydrogens (tertiary/aromatic N) is 3. The monoisotopic (exact) mass is 248 g/mol. The Labute approximate surface area is 105 Å². The van der Waals surface area contributed by atoms with Gasteiger partial charge in [0, 0.05) is 6.20 Å². The first-order valence-electron chi connectivity index (χ1n) is 5.66. The maximum absolute atomic E-state index is 5.93. The summed E-state index contributed by atoms with van der Waals surface area (Å²) in [5.74, 6) is 0.947. The maximum atomic E-state index is 5.93. The van der Waals surface area contributed by atoms with Gasteiger partial charge < -0.3 is 15.8 Å². The summed E-state index contributed by atoms with van der Waals surface area (Å²) in [4.78, 5) is 8.09. The quantitative estimate of drug-likeness (QED) is 0.734. The number of nitrogen functional groups attached to an aromatic ring is 1. The number of ether oxygens (including phenoxy) is 1. The molecule has 0 fully saturated rings. The maximum Gasteiger partial charge on any atom is 0.242 e. The van der Waals surface area contributed by atoms with Crippen LogP contribution in [0.1, 0.15) is 19.5 Å². The molecule has 18 heavy (non-hydrogen) atoms. The molecule has 7 nitrogen and oxygen atoms in total. The molecule has 0 bridgehead atoms. The second kappa shape index (κ2) is 5.35. The van der Waals surface area contributed by atoms with Crippen LogP contribution in [0.25, 0.3) is 0 Å². The summed E-state index contributed by atoms with van der Waals surface area (Å²) in [5, 5.41) is 9.81. The Hall–Kier alpha value is -2.31. The molecule has 0 aliphatic rings. The average molecular weight is 248 g/mol. The van der Waals surface area contributed by atoms with Crippen molar-refractivity contribution in [1.29, 1.82) is 0 Å². The number of hydrogen-bond donors (Lipinski definition) is 3. The van der Waals surface area contributed by atoms with Crippen LogP contribution < -0.4 is 15.8 Å². The van der Waals surface area contributed by atoms with Gasteiger partial charge in [0.1, 0.15) is 12.0 Å². The third-order valence-electron chi connectivity index (χ3n) is 2.20. The zero-order valence-corrected chi connectivity index (χ0v) is 10.3. The first kappa shape index (κ1) is 12.2. The van der Waals surface area contributed by atoms with E-state index in [-0.39, 0.29) is 6.10 Å². The summed E-state index contributed by atoms with van der Waals surface area (Å²) in [6.07, 6.45) is 3.12. The highest BCUT2D eigenvalue weighted by atomic mass is 16.5. The highest BCUT2D eigenvalue weighted by Crippen LogP contribution is 2.25. The molecule has 0 saturated carbocycles. The van der Waals surface area contributed by atoms with Crippen molar-refractivity contribution in [2.24, 2.45) is 0 Å². The summed E-state index contributed by atoms with van der Waals surface area (Å²) < 4.78 is 5.49. The van der Waals surface area contributed by atoms with Gasteiger partial charge >= 0.3 is 0 Å². The van der Waals surface area contributed by atoms with Gasteiger partial charge in [-0.2, -0.15) is 10.1 Å². The summed E-state index contributed by atoms with van der Waals surface area (Å²) in [6.45, 7) is 4.39. The Bertz CT molecular complexity index is 496. The van der Waals surface area contributed by atoms with Crippen LogP contribution in [0.3, 0.4) is 0 Å². The van der Waals surface area contributed by atoms with Gasteiger partial charge in [0.15, 0.2) is 5.82 Å². The van der Waals surface area contributed by atoms with Gasteiger partial charge in [0.2, 0.25) is 5.88 Å². The Morgan fingerprint density at radius 1 is 1.44 bits per heavy atom. The first-order chi connectivity index (χ1) is 8.66. The summed E-state index contributed by atoms with van der Waals surface area (Å²) in [7, 11) is 0. The van der Waals surface area contributed by atoms with Gasteiger partial charge in [-0.3, -0.25) is 5.10 Å². The molecule has 4 N–H and O–H groups in total. The third-order valence-corrected chi connectivity index (χ3v) is 2.20. The normalized spacial score (nSPS) is 10.6. The lowest BCUT2D eigenvalue weighted by Crippen LogP contribution is -2.12. The molecule has 0 aliphatic carbocycles. The van der Waals surface area contributed by atoms with Crippen LogP contribution in [0.2, 0.25) is 0 Å². The molecule has 2 aromatic heterocycles. The third kappa shape index (κ3) is 2.88. The standard InChI is InChI=1S/C11H16N6O/c1-7(2)18-11-9(12)10(14-6-15-11)13-5-8-3-4-16-17-8/h3-4,6-7H,5,12H2,1-2H3,(H,16,17)(H,13,14,15). The second-order valence-corrected chi connectivity index (χ2v) is 4.04. The van der Waals surface area contributed by atoms with E-state index in [1.165, 1.54) is 6.33 Å². The lowest BCUT2D eigenvalue weighted by atomic mass is 10.4. The summed E-state index contributed by atoms with van der Waals surface area (Å²) in [5.41, 5.74) is 7.28. The van der Waals surface area contributed by atoms with Crippen LogP contribution in [0.15, 0.2) is 18.6 Å². The van der Waals surface area contributed by atoms with Crippen LogP contribution in [-0.2, 0) is 6.54 Å². The van der Waals surface area contributed by atoms with E-state index in [9.17, 15) is 0 Å². The van der Waals surface area contributed by atoms with Crippen LogP contribution in [0.5, 0.6) is 5.88 Å². The molecule has 0 saturated heterocycles. The Morgan fingerprint density at radius 2 is 2.28 bits per heavy atom. The topological polar surface area (TPSA) is 102 Å². The number of rotatable bonds is 5. The Morgan fingerprint density at radius 3 is 2.94 bits per heavy atom. The van der Waals surface area contributed by atoms with Gasteiger partial charge in [-0.1, -0.05) is 0 Å². The van der Waals surface area contributed by atoms with Crippen LogP contribution in [-0.4, -0.2) is 26.3 Å². The minimum absolute atomic E-state index is 0.0163.